The van der Waals surface area contributed by atoms with Crippen LogP contribution in [0.15, 0.2) is 0 Å². The monoisotopic (exact) mass is 338 g/mol. The van der Waals surface area contributed by atoms with Gasteiger partial charge in [0, 0.05) is 0 Å². The highest BCUT2D eigenvalue weighted by Crippen LogP contribution is 2.15. The van der Waals surface area contributed by atoms with Gasteiger partial charge in [0.15, 0.2) is 0 Å². The predicted molar refractivity (Wildman–Crippen MR) is 47.2 cm³/mol. The minimum atomic E-state index is 0.310. The molecule has 0 atom stereocenters. The SMILES string of the molecule is BrB(Br)B(Br)Br. The quantitative estimate of drug-likeness (QED) is 0.644. The van der Waals surface area contributed by atoms with Crippen LogP contribution in [0.25, 0.3) is 0 Å². The lowest BCUT2D eigenvalue weighted by Crippen LogP contribution is -2.07. The van der Waals surface area contributed by atoms with Gasteiger partial charge in [0.25, 0.3) is 8.50 Å². The number of rotatable bonds is 1. The lowest BCUT2D eigenvalue weighted by atomic mass is 9.78. The fraction of sp³-hybridized carbons (Fsp3) is 0. The highest BCUT2D eigenvalue weighted by molar-refractivity contribution is 9.63. The van der Waals surface area contributed by atoms with Crippen LogP contribution in [-0.2, 0) is 0 Å². The van der Waals surface area contributed by atoms with Crippen LogP contribution in [0.5, 0.6) is 0 Å². The van der Waals surface area contributed by atoms with E-state index in [0.29, 0.717) is 8.50 Å². The van der Waals surface area contributed by atoms with Crippen molar-refractivity contribution in [1.82, 2.24) is 0 Å². The van der Waals surface area contributed by atoms with E-state index in [2.05, 4.69) is 63.0 Å². The van der Waals surface area contributed by atoms with E-state index < -0.39 is 0 Å². The molecule has 0 spiro atoms. The third-order valence-corrected chi connectivity index (χ3v) is 5.14. The summed E-state index contributed by atoms with van der Waals surface area (Å²) in [5.74, 6) is 0. The highest BCUT2D eigenvalue weighted by Gasteiger charge is 2.16. The van der Waals surface area contributed by atoms with Crippen molar-refractivity contribution >= 4 is 71.5 Å². The Morgan fingerprint density at radius 3 is 0.833 bits per heavy atom. The summed E-state index contributed by atoms with van der Waals surface area (Å²) in [5, 5.41) is 0. The molecule has 6 heavy (non-hydrogen) atoms. The maximum Gasteiger partial charge on any atom is 0.294 e. The standard InChI is InChI=1S/B2Br4/c3-1(4)2(5)6. The molecular formula is B2Br4. The Bertz CT molecular complexity index is 26.5. The van der Waals surface area contributed by atoms with Crippen molar-refractivity contribution in [3.8, 4) is 0 Å². The van der Waals surface area contributed by atoms with Crippen LogP contribution >= 0.6 is 63.0 Å². The molecule has 0 saturated heterocycles. The first kappa shape index (κ1) is 8.05. The average molecular weight is 341 g/mol. The topological polar surface area (TPSA) is 0 Å². The molecule has 0 N–H and O–H groups in total. The molecule has 0 aromatic rings. The Morgan fingerprint density at radius 2 is 0.833 bits per heavy atom. The molecule has 0 radical (unpaired) electrons. The highest BCUT2D eigenvalue weighted by atomic mass is 79.9. The Balaban J connectivity index is 2.99. The molecule has 0 unspecified atom stereocenters. The molecule has 0 aromatic heterocycles. The van der Waals surface area contributed by atoms with Crippen LogP contribution < -0.4 is 0 Å². The lowest BCUT2D eigenvalue weighted by molar-refractivity contribution is 4.32. The largest absolute Gasteiger partial charge is 0.294 e. The van der Waals surface area contributed by atoms with E-state index in [-0.39, 0.29) is 0 Å². The van der Waals surface area contributed by atoms with Gasteiger partial charge in [-0.1, -0.05) is 0 Å². The van der Waals surface area contributed by atoms with Crippen molar-refractivity contribution in [2.75, 3.05) is 0 Å². The van der Waals surface area contributed by atoms with E-state index in [0.717, 1.165) is 0 Å². The molecule has 6 heteroatoms. The van der Waals surface area contributed by atoms with Gasteiger partial charge in [0.1, 0.15) is 0 Å². The molecule has 0 amide bonds. The van der Waals surface area contributed by atoms with Crippen molar-refractivity contribution in [2.24, 2.45) is 0 Å². The molecule has 0 saturated carbocycles. The molecule has 0 bridgehead atoms. The van der Waals surface area contributed by atoms with Crippen molar-refractivity contribution in [3.05, 3.63) is 0 Å². The van der Waals surface area contributed by atoms with E-state index in [1.54, 1.807) is 0 Å². The van der Waals surface area contributed by atoms with Crippen LogP contribution in [-0.4, -0.2) is 8.50 Å². The molecule has 0 aliphatic rings. The summed E-state index contributed by atoms with van der Waals surface area (Å²) in [5.41, 5.74) is 0. The first-order valence-corrected chi connectivity index (χ1v) is 4.87. The van der Waals surface area contributed by atoms with Crippen LogP contribution in [0, 0.1) is 0 Å². The molecule has 0 aliphatic carbocycles. The summed E-state index contributed by atoms with van der Waals surface area (Å²) in [6.07, 6.45) is 0. The van der Waals surface area contributed by atoms with E-state index in [1.807, 2.05) is 0 Å². The minimum absolute atomic E-state index is 0.310. The Morgan fingerprint density at radius 1 is 0.667 bits per heavy atom. The van der Waals surface area contributed by atoms with Crippen molar-refractivity contribution < 1.29 is 0 Å². The van der Waals surface area contributed by atoms with Crippen LogP contribution in [0.2, 0.25) is 0 Å². The Hall–Kier alpha value is 2.05. The third kappa shape index (κ3) is 4.22. The lowest BCUT2D eigenvalue weighted by Gasteiger charge is -1.87. The smallest absolute Gasteiger partial charge is 0.147 e. The van der Waals surface area contributed by atoms with Crippen molar-refractivity contribution in [2.45, 2.75) is 0 Å². The minimum Gasteiger partial charge on any atom is -0.147 e. The predicted octanol–water partition coefficient (Wildman–Crippen LogP) is 2.62. The normalized spacial score (nSPS) is 8.00. The Kier molecular flexibility index (Phi) is 5.34. The average Bonchev–Trinajstić information content (AvgIpc) is 1.36. The summed E-state index contributed by atoms with van der Waals surface area (Å²) in [7, 11) is 0. The van der Waals surface area contributed by atoms with Gasteiger partial charge in [0.2, 0.25) is 0 Å². The van der Waals surface area contributed by atoms with Gasteiger partial charge in [-0.2, -0.15) is 0 Å². The molecule has 34 valence electrons. The van der Waals surface area contributed by atoms with Gasteiger partial charge in [-0.05, 0) is 0 Å². The van der Waals surface area contributed by atoms with E-state index in [9.17, 15) is 0 Å². The number of hydrogen-bond acceptors (Lipinski definition) is 0. The molecule has 0 rings (SSSR count). The van der Waals surface area contributed by atoms with Gasteiger partial charge < -0.3 is 0 Å². The fourth-order valence-corrected chi connectivity index (χ4v) is 0. The van der Waals surface area contributed by atoms with E-state index >= 15 is 0 Å². The maximum atomic E-state index is 3.26. The second-order valence-corrected chi connectivity index (χ2v) is 7.07. The van der Waals surface area contributed by atoms with Crippen molar-refractivity contribution in [3.63, 3.8) is 0 Å². The maximum absolute atomic E-state index is 3.26. The molecule has 0 aromatic carbocycles. The summed E-state index contributed by atoms with van der Waals surface area (Å²) in [6, 6.07) is 0. The van der Waals surface area contributed by atoms with Crippen LogP contribution in [0.1, 0.15) is 0 Å². The summed E-state index contributed by atoms with van der Waals surface area (Å²) < 4.78 is 0.620. The van der Waals surface area contributed by atoms with E-state index in [1.165, 1.54) is 0 Å². The van der Waals surface area contributed by atoms with Crippen LogP contribution in [0.4, 0.5) is 0 Å². The molecule has 0 aliphatic heterocycles. The van der Waals surface area contributed by atoms with E-state index in [4.69, 9.17) is 0 Å². The van der Waals surface area contributed by atoms with Gasteiger partial charge in [-0.3, -0.25) is 0 Å². The molecule has 0 fully saturated rings. The molecule has 0 nitrogen and oxygen atoms in total. The second-order valence-electron chi connectivity index (χ2n) is 0.669. The van der Waals surface area contributed by atoms with Gasteiger partial charge in [-0.15, -0.1) is 63.0 Å². The number of halogens is 4. The van der Waals surface area contributed by atoms with Gasteiger partial charge in [0.05, 0.1) is 0 Å². The zero-order valence-corrected chi connectivity index (χ0v) is 9.01. The molecular weight excluding hydrogens is 341 g/mol. The molecule has 0 heterocycles. The van der Waals surface area contributed by atoms with Gasteiger partial charge in [-0.25, -0.2) is 0 Å². The summed E-state index contributed by atoms with van der Waals surface area (Å²) in [6.45, 7) is 0. The second kappa shape index (κ2) is 3.98. The van der Waals surface area contributed by atoms with Crippen molar-refractivity contribution in [1.29, 1.82) is 0 Å². The first-order chi connectivity index (χ1) is 2.64. The fourth-order valence-electron chi connectivity index (χ4n) is 0. The zero-order valence-electron chi connectivity index (χ0n) is 2.67. The first-order valence-electron chi connectivity index (χ1n) is 1.21. The number of hydrogen-bond donors (Lipinski definition) is 0. The Labute approximate surface area is 70.8 Å². The van der Waals surface area contributed by atoms with Crippen LogP contribution in [0.3, 0.4) is 0 Å². The summed E-state index contributed by atoms with van der Waals surface area (Å²) >= 11 is 13.0. The third-order valence-electron chi connectivity index (χ3n) is 0.190. The zero-order chi connectivity index (χ0) is 5.15. The van der Waals surface area contributed by atoms with Gasteiger partial charge >= 0.3 is 0 Å². The summed E-state index contributed by atoms with van der Waals surface area (Å²) in [4.78, 5) is 0.